The number of hydrogen-bond donors (Lipinski definition) is 5. The van der Waals surface area contributed by atoms with E-state index < -0.39 is 34.2 Å². The van der Waals surface area contributed by atoms with Crippen molar-refractivity contribution in [1.29, 1.82) is 5.41 Å². The highest BCUT2D eigenvalue weighted by Gasteiger charge is 2.51. The second kappa shape index (κ2) is 8.89. The van der Waals surface area contributed by atoms with Crippen molar-refractivity contribution < 1.29 is 27.4 Å². The number of carbonyl (C=O) groups excluding carboxylic acids is 2. The number of carbonyl (C=O) groups is 2. The van der Waals surface area contributed by atoms with Gasteiger partial charge in [-0.3, -0.25) is 19.6 Å². The highest BCUT2D eigenvalue weighted by Crippen LogP contribution is 2.23. The molecule has 2 amide bonds. The van der Waals surface area contributed by atoms with Crippen LogP contribution in [0.25, 0.3) is 0 Å². The summed E-state index contributed by atoms with van der Waals surface area (Å²) in [5.41, 5.74) is 12.1. The molecule has 7 N–H and O–H groups in total. The summed E-state index contributed by atoms with van der Waals surface area (Å²) in [5.74, 6) is -1.91. The number of hydrogen-bond acceptors (Lipinski definition) is 10. The topological polar surface area (TPSA) is 214 Å². The van der Waals surface area contributed by atoms with Crippen molar-refractivity contribution in [1.82, 2.24) is 14.6 Å². The third-order valence-electron chi connectivity index (χ3n) is 4.50. The summed E-state index contributed by atoms with van der Waals surface area (Å²) >= 11 is 1.06. The molecule has 1 fully saturated rings. The molecular formula is C17H19N7O6S2. The van der Waals surface area contributed by atoms with Crippen molar-refractivity contribution in [3.8, 4) is 0 Å². The Morgan fingerprint density at radius 2 is 2.06 bits per heavy atom. The van der Waals surface area contributed by atoms with Crippen LogP contribution in [0.3, 0.4) is 0 Å². The summed E-state index contributed by atoms with van der Waals surface area (Å²) in [6.45, 7) is 1.32. The molecule has 0 saturated carbocycles. The minimum Gasteiger partial charge on any atom is -0.390 e. The lowest BCUT2D eigenvalue weighted by Gasteiger charge is -2.42. The van der Waals surface area contributed by atoms with Gasteiger partial charge in [-0.25, -0.2) is 9.29 Å². The molecule has 3 rings (SSSR count). The highest BCUT2D eigenvalue weighted by molar-refractivity contribution is 7.84. The average Bonchev–Trinajstić information content (AvgIpc) is 3.14. The Hall–Kier alpha value is -3.56. The molecule has 2 atom stereocenters. The number of aromatic nitrogens is 1. The van der Waals surface area contributed by atoms with E-state index in [9.17, 15) is 18.0 Å². The highest BCUT2D eigenvalue weighted by atomic mass is 32.2. The fourth-order valence-electron chi connectivity index (χ4n) is 2.87. The SMILES string of the molecule is C[C@H]1[C@H](NC(=O)/C(=N\OCc2ccc(C(=N)N)cc2)c2csc(N)n2)C(=O)N1S(=O)(=O)O. The van der Waals surface area contributed by atoms with Crippen molar-refractivity contribution in [2.24, 2.45) is 10.9 Å². The molecule has 1 aromatic carbocycles. The number of benzene rings is 1. The van der Waals surface area contributed by atoms with E-state index >= 15 is 0 Å². The predicted octanol–water partition coefficient (Wildman–Crippen LogP) is -0.551. The van der Waals surface area contributed by atoms with Gasteiger partial charge in [0.05, 0.1) is 6.04 Å². The van der Waals surface area contributed by atoms with E-state index in [1.165, 1.54) is 12.3 Å². The summed E-state index contributed by atoms with van der Waals surface area (Å²) in [6.07, 6.45) is 0. The number of nitrogens with zero attached hydrogens (tertiary/aromatic N) is 3. The monoisotopic (exact) mass is 481 g/mol. The van der Waals surface area contributed by atoms with E-state index in [1.807, 2.05) is 0 Å². The van der Waals surface area contributed by atoms with Crippen LogP contribution in [0, 0.1) is 5.41 Å². The Balaban J connectivity index is 1.74. The van der Waals surface area contributed by atoms with E-state index in [2.05, 4.69) is 15.5 Å². The van der Waals surface area contributed by atoms with Crippen molar-refractivity contribution in [3.05, 3.63) is 46.5 Å². The van der Waals surface area contributed by atoms with Crippen LogP contribution in [0.15, 0.2) is 34.8 Å². The maximum atomic E-state index is 12.7. The summed E-state index contributed by atoms with van der Waals surface area (Å²) < 4.78 is 31.8. The number of amidine groups is 1. The molecule has 15 heteroatoms. The standard InChI is InChI=1S/C17H19N7O6S2/c1-8-12(16(26)24(8)32(27,28)29)22-15(25)13(11-7-31-17(20)21-11)23-30-6-9-2-4-10(5-3-9)14(18)19/h2-5,7-8,12H,6H2,1H3,(H3,18,19)(H2,20,21)(H,22,25)(H,27,28,29)/b23-13-/t8-,12-/m0/s1. The molecule has 1 saturated heterocycles. The zero-order chi connectivity index (χ0) is 23.6. The first-order valence-corrected chi connectivity index (χ1v) is 11.2. The van der Waals surface area contributed by atoms with Crippen LogP contribution in [0.5, 0.6) is 0 Å². The Morgan fingerprint density at radius 1 is 1.41 bits per heavy atom. The van der Waals surface area contributed by atoms with Gasteiger partial charge in [-0.2, -0.15) is 8.42 Å². The third kappa shape index (κ3) is 4.84. The van der Waals surface area contributed by atoms with Gasteiger partial charge < -0.3 is 21.6 Å². The van der Waals surface area contributed by atoms with Gasteiger partial charge in [-0.1, -0.05) is 29.4 Å². The molecular weight excluding hydrogens is 462 g/mol. The summed E-state index contributed by atoms with van der Waals surface area (Å²) in [4.78, 5) is 34.0. The van der Waals surface area contributed by atoms with Gasteiger partial charge in [0.1, 0.15) is 24.2 Å². The predicted molar refractivity (Wildman–Crippen MR) is 115 cm³/mol. The lowest BCUT2D eigenvalue weighted by Crippen LogP contribution is -2.71. The van der Waals surface area contributed by atoms with E-state index in [1.54, 1.807) is 24.3 Å². The van der Waals surface area contributed by atoms with Gasteiger partial charge in [-0.15, -0.1) is 11.3 Å². The van der Waals surface area contributed by atoms with Gasteiger partial charge in [0, 0.05) is 10.9 Å². The molecule has 32 heavy (non-hydrogen) atoms. The number of nitrogen functional groups attached to an aromatic ring is 2. The van der Waals surface area contributed by atoms with Crippen molar-refractivity contribution >= 4 is 50.1 Å². The first-order chi connectivity index (χ1) is 15.0. The molecule has 0 aliphatic carbocycles. The molecule has 2 aromatic rings. The molecule has 0 radical (unpaired) electrons. The minimum absolute atomic E-state index is 0.0239. The number of nitrogens with two attached hydrogens (primary N) is 2. The first-order valence-electron chi connectivity index (χ1n) is 8.95. The van der Waals surface area contributed by atoms with Crippen molar-refractivity contribution in [2.45, 2.75) is 25.6 Å². The maximum absolute atomic E-state index is 12.7. The van der Waals surface area contributed by atoms with Crippen LogP contribution in [0.1, 0.15) is 23.7 Å². The average molecular weight is 482 g/mol. The van der Waals surface area contributed by atoms with Crippen molar-refractivity contribution in [2.75, 3.05) is 5.73 Å². The molecule has 13 nitrogen and oxygen atoms in total. The Morgan fingerprint density at radius 3 is 2.56 bits per heavy atom. The van der Waals surface area contributed by atoms with Crippen LogP contribution in [0.4, 0.5) is 5.13 Å². The largest absolute Gasteiger partial charge is 0.390 e. The van der Waals surface area contributed by atoms with Gasteiger partial charge in [-0.05, 0) is 12.5 Å². The maximum Gasteiger partial charge on any atom is 0.362 e. The van der Waals surface area contributed by atoms with Gasteiger partial charge in [0.25, 0.3) is 11.8 Å². The van der Waals surface area contributed by atoms with Crippen LogP contribution < -0.4 is 16.8 Å². The van der Waals surface area contributed by atoms with Crippen molar-refractivity contribution in [3.63, 3.8) is 0 Å². The van der Waals surface area contributed by atoms with Gasteiger partial charge in [0.15, 0.2) is 10.8 Å². The van der Waals surface area contributed by atoms with Crippen LogP contribution in [0.2, 0.25) is 0 Å². The normalized spacial score (nSPS) is 18.8. The molecule has 2 heterocycles. The van der Waals surface area contributed by atoms with Gasteiger partial charge in [0.2, 0.25) is 0 Å². The number of anilines is 1. The van der Waals surface area contributed by atoms with Crippen LogP contribution in [-0.2, 0) is 31.3 Å². The Kier molecular flexibility index (Phi) is 6.42. The van der Waals surface area contributed by atoms with E-state index in [0.717, 1.165) is 11.3 Å². The van der Waals surface area contributed by atoms with E-state index in [-0.39, 0.29) is 33.3 Å². The van der Waals surface area contributed by atoms with E-state index in [4.69, 9.17) is 26.3 Å². The molecule has 0 bridgehead atoms. The molecule has 1 aliphatic heterocycles. The number of thiazole rings is 1. The van der Waals surface area contributed by atoms with Crippen LogP contribution >= 0.6 is 11.3 Å². The number of β-lactam (4-membered cyclic amide) rings is 1. The lowest BCUT2D eigenvalue weighted by atomic mass is 10.0. The quantitative estimate of drug-likeness (QED) is 0.107. The molecule has 0 spiro atoms. The fourth-order valence-corrected chi connectivity index (χ4v) is 4.30. The lowest BCUT2D eigenvalue weighted by molar-refractivity contribution is -0.143. The number of rotatable bonds is 8. The Labute approximate surface area is 186 Å². The molecule has 1 aliphatic rings. The van der Waals surface area contributed by atoms with Gasteiger partial charge >= 0.3 is 10.3 Å². The zero-order valence-corrected chi connectivity index (χ0v) is 18.2. The summed E-state index contributed by atoms with van der Waals surface area (Å²) in [5, 5.41) is 15.2. The Bertz CT molecular complexity index is 1190. The summed E-state index contributed by atoms with van der Waals surface area (Å²) in [7, 11) is -4.73. The number of amides is 2. The minimum atomic E-state index is -4.73. The fraction of sp³-hybridized carbons (Fsp3) is 0.235. The zero-order valence-electron chi connectivity index (χ0n) is 16.5. The number of nitrogens with one attached hydrogen (secondary N) is 2. The second-order valence-corrected chi connectivity index (χ2v) is 8.88. The van der Waals surface area contributed by atoms with E-state index in [0.29, 0.717) is 11.1 Å². The molecule has 0 unspecified atom stereocenters. The molecule has 170 valence electrons. The first kappa shape index (κ1) is 23.1. The van der Waals surface area contributed by atoms with Crippen LogP contribution in [-0.4, -0.2) is 57.7 Å². The number of oxime groups is 1. The summed E-state index contributed by atoms with van der Waals surface area (Å²) in [6, 6.07) is 4.42. The smallest absolute Gasteiger partial charge is 0.362 e. The second-order valence-electron chi connectivity index (χ2n) is 6.70. The third-order valence-corrected chi connectivity index (χ3v) is 6.19. The molecule has 1 aromatic heterocycles.